The standard InChI is InChI=1S/C17H26BrN3O3/c1-12(23-5)15-14(18)10-13(11-19-15)20-6-8-21(9-7-20)16(22)24-17(2,3)4/h10-12H,6-9H2,1-5H3. The molecule has 134 valence electrons. The van der Waals surface area contributed by atoms with E-state index >= 15 is 0 Å². The quantitative estimate of drug-likeness (QED) is 0.776. The molecular formula is C17H26BrN3O3. The molecular weight excluding hydrogens is 374 g/mol. The van der Waals surface area contributed by atoms with Gasteiger partial charge in [0.1, 0.15) is 5.60 Å². The summed E-state index contributed by atoms with van der Waals surface area (Å²) in [7, 11) is 1.67. The molecule has 1 aliphatic heterocycles. The molecule has 1 saturated heterocycles. The number of carbonyl (C=O) groups excluding carboxylic acids is 1. The van der Waals surface area contributed by atoms with E-state index in [4.69, 9.17) is 9.47 Å². The summed E-state index contributed by atoms with van der Waals surface area (Å²) in [6.45, 7) is 10.4. The number of aromatic nitrogens is 1. The number of methoxy groups -OCH3 is 1. The summed E-state index contributed by atoms with van der Waals surface area (Å²) in [5.41, 5.74) is 1.46. The number of carbonyl (C=O) groups is 1. The van der Waals surface area contributed by atoms with Crippen molar-refractivity contribution in [3.05, 3.63) is 22.4 Å². The van der Waals surface area contributed by atoms with Gasteiger partial charge in [0.2, 0.25) is 0 Å². The molecule has 1 aliphatic rings. The molecule has 0 radical (unpaired) electrons. The fourth-order valence-electron chi connectivity index (χ4n) is 2.50. The number of nitrogens with zero attached hydrogens (tertiary/aromatic N) is 3. The van der Waals surface area contributed by atoms with Gasteiger partial charge in [0.15, 0.2) is 0 Å². The zero-order valence-corrected chi connectivity index (χ0v) is 16.6. The fraction of sp³-hybridized carbons (Fsp3) is 0.647. The predicted molar refractivity (Wildman–Crippen MR) is 97.4 cm³/mol. The number of ether oxygens (including phenoxy) is 2. The molecule has 1 unspecified atom stereocenters. The second kappa shape index (κ2) is 7.70. The van der Waals surface area contributed by atoms with Crippen LogP contribution in [-0.4, -0.2) is 54.9 Å². The summed E-state index contributed by atoms with van der Waals surface area (Å²) >= 11 is 3.57. The van der Waals surface area contributed by atoms with Gasteiger partial charge in [-0.15, -0.1) is 0 Å². The average Bonchev–Trinajstić information content (AvgIpc) is 2.52. The summed E-state index contributed by atoms with van der Waals surface area (Å²) in [5.74, 6) is 0. The predicted octanol–water partition coefficient (Wildman–Crippen LogP) is 3.61. The molecule has 6 nitrogen and oxygen atoms in total. The number of halogens is 1. The van der Waals surface area contributed by atoms with Crippen LogP contribution in [0.3, 0.4) is 0 Å². The van der Waals surface area contributed by atoms with Crippen molar-refractivity contribution in [2.75, 3.05) is 38.2 Å². The average molecular weight is 400 g/mol. The van der Waals surface area contributed by atoms with Crippen LogP contribution in [0.5, 0.6) is 0 Å². The Morgan fingerprint density at radius 1 is 1.29 bits per heavy atom. The van der Waals surface area contributed by atoms with Crippen molar-refractivity contribution in [2.45, 2.75) is 39.4 Å². The largest absolute Gasteiger partial charge is 0.444 e. The van der Waals surface area contributed by atoms with Gasteiger partial charge in [0.05, 0.1) is 23.7 Å². The molecule has 1 aromatic heterocycles. The smallest absolute Gasteiger partial charge is 0.410 e. The Balaban J connectivity index is 1.97. The van der Waals surface area contributed by atoms with E-state index in [1.165, 1.54) is 0 Å². The van der Waals surface area contributed by atoms with Crippen LogP contribution >= 0.6 is 15.9 Å². The van der Waals surface area contributed by atoms with Crippen LogP contribution in [0.2, 0.25) is 0 Å². The van der Waals surface area contributed by atoms with Crippen LogP contribution in [-0.2, 0) is 9.47 Å². The Bertz CT molecular complexity index is 581. The maximum atomic E-state index is 12.1. The number of piperazine rings is 1. The normalized spacial score (nSPS) is 16.9. The van der Waals surface area contributed by atoms with Crippen molar-refractivity contribution in [1.29, 1.82) is 0 Å². The van der Waals surface area contributed by atoms with Crippen molar-refractivity contribution in [3.63, 3.8) is 0 Å². The van der Waals surface area contributed by atoms with E-state index in [9.17, 15) is 4.79 Å². The van der Waals surface area contributed by atoms with Crippen molar-refractivity contribution < 1.29 is 14.3 Å². The summed E-state index contributed by atoms with van der Waals surface area (Å²) in [6.07, 6.45) is 1.56. The molecule has 2 heterocycles. The summed E-state index contributed by atoms with van der Waals surface area (Å²) in [6, 6.07) is 2.06. The van der Waals surface area contributed by atoms with Crippen molar-refractivity contribution >= 4 is 27.7 Å². The molecule has 0 aliphatic carbocycles. The first-order valence-corrected chi connectivity index (χ1v) is 8.91. The number of rotatable bonds is 3. The van der Waals surface area contributed by atoms with Gasteiger partial charge in [-0.05, 0) is 49.7 Å². The Labute approximate surface area is 152 Å². The number of hydrogen-bond acceptors (Lipinski definition) is 5. The molecule has 0 aromatic carbocycles. The molecule has 0 saturated carbocycles. The zero-order chi connectivity index (χ0) is 17.9. The van der Waals surface area contributed by atoms with Gasteiger partial charge in [-0.2, -0.15) is 0 Å². The van der Waals surface area contributed by atoms with E-state index in [1.807, 2.05) is 33.9 Å². The first kappa shape index (κ1) is 19.0. The Morgan fingerprint density at radius 2 is 1.92 bits per heavy atom. The number of amides is 1. The van der Waals surface area contributed by atoms with Gasteiger partial charge in [-0.25, -0.2) is 4.79 Å². The molecule has 1 aromatic rings. The van der Waals surface area contributed by atoms with Gasteiger partial charge in [0, 0.05) is 37.8 Å². The highest BCUT2D eigenvalue weighted by Crippen LogP contribution is 2.28. The molecule has 24 heavy (non-hydrogen) atoms. The fourth-order valence-corrected chi connectivity index (χ4v) is 3.16. The van der Waals surface area contributed by atoms with Crippen LogP contribution in [0.4, 0.5) is 10.5 Å². The van der Waals surface area contributed by atoms with E-state index in [0.29, 0.717) is 13.1 Å². The van der Waals surface area contributed by atoms with Gasteiger partial charge in [0.25, 0.3) is 0 Å². The lowest BCUT2D eigenvalue weighted by atomic mass is 10.2. The van der Waals surface area contributed by atoms with Gasteiger partial charge < -0.3 is 19.3 Å². The molecule has 0 bridgehead atoms. The monoisotopic (exact) mass is 399 g/mol. The van der Waals surface area contributed by atoms with Gasteiger partial charge in [-0.3, -0.25) is 4.98 Å². The third-order valence-electron chi connectivity index (χ3n) is 3.89. The van der Waals surface area contributed by atoms with Gasteiger partial charge in [-0.1, -0.05) is 0 Å². The van der Waals surface area contributed by atoms with Crippen molar-refractivity contribution in [3.8, 4) is 0 Å². The molecule has 0 spiro atoms. The highest BCUT2D eigenvalue weighted by atomic mass is 79.9. The highest BCUT2D eigenvalue weighted by Gasteiger charge is 2.26. The summed E-state index contributed by atoms with van der Waals surface area (Å²) in [5, 5.41) is 0. The molecule has 0 N–H and O–H groups in total. The van der Waals surface area contributed by atoms with E-state index in [1.54, 1.807) is 12.0 Å². The van der Waals surface area contributed by atoms with Crippen molar-refractivity contribution in [1.82, 2.24) is 9.88 Å². The molecule has 7 heteroatoms. The number of pyridine rings is 1. The lowest BCUT2D eigenvalue weighted by Crippen LogP contribution is -2.50. The zero-order valence-electron chi connectivity index (χ0n) is 15.0. The number of anilines is 1. The maximum absolute atomic E-state index is 12.1. The van der Waals surface area contributed by atoms with Crippen LogP contribution in [0, 0.1) is 0 Å². The number of hydrogen-bond donors (Lipinski definition) is 0. The summed E-state index contributed by atoms with van der Waals surface area (Å²) in [4.78, 5) is 20.6. The SMILES string of the molecule is COC(C)c1ncc(N2CCN(C(=O)OC(C)(C)C)CC2)cc1Br. The van der Waals surface area contributed by atoms with Crippen LogP contribution in [0.15, 0.2) is 16.7 Å². The Morgan fingerprint density at radius 3 is 2.42 bits per heavy atom. The van der Waals surface area contributed by atoms with Crippen LogP contribution in [0.25, 0.3) is 0 Å². The molecule has 1 atom stereocenters. The lowest BCUT2D eigenvalue weighted by Gasteiger charge is -2.36. The first-order chi connectivity index (χ1) is 11.2. The molecule has 1 amide bonds. The minimum atomic E-state index is -0.461. The third-order valence-corrected chi connectivity index (χ3v) is 4.53. The third kappa shape index (κ3) is 4.83. The highest BCUT2D eigenvalue weighted by molar-refractivity contribution is 9.10. The molecule has 1 fully saturated rings. The second-order valence-electron chi connectivity index (χ2n) is 6.89. The maximum Gasteiger partial charge on any atom is 0.410 e. The second-order valence-corrected chi connectivity index (χ2v) is 7.75. The van der Waals surface area contributed by atoms with Crippen molar-refractivity contribution in [2.24, 2.45) is 0 Å². The minimum Gasteiger partial charge on any atom is -0.444 e. The Kier molecular flexibility index (Phi) is 6.09. The van der Waals surface area contributed by atoms with E-state index in [-0.39, 0.29) is 12.2 Å². The lowest BCUT2D eigenvalue weighted by molar-refractivity contribution is 0.0240. The topological polar surface area (TPSA) is 54.9 Å². The molecule has 2 rings (SSSR count). The first-order valence-electron chi connectivity index (χ1n) is 8.12. The van der Waals surface area contributed by atoms with Crippen LogP contribution in [0.1, 0.15) is 39.5 Å². The van der Waals surface area contributed by atoms with E-state index < -0.39 is 5.60 Å². The minimum absolute atomic E-state index is 0.0579. The van der Waals surface area contributed by atoms with E-state index in [0.717, 1.165) is 28.9 Å². The summed E-state index contributed by atoms with van der Waals surface area (Å²) < 4.78 is 11.7. The Hall–Kier alpha value is -1.34. The van der Waals surface area contributed by atoms with E-state index in [2.05, 4.69) is 31.9 Å². The van der Waals surface area contributed by atoms with Gasteiger partial charge >= 0.3 is 6.09 Å². The van der Waals surface area contributed by atoms with Crippen LogP contribution < -0.4 is 4.90 Å².